The van der Waals surface area contributed by atoms with Crippen LogP contribution in [0.3, 0.4) is 0 Å². The summed E-state index contributed by atoms with van der Waals surface area (Å²) in [5, 5.41) is 14.3. The molecule has 0 fully saturated rings. The molecule has 0 unspecified atom stereocenters. The highest BCUT2D eigenvalue weighted by Gasteiger charge is 2.22. The molecule has 2 nitrogen and oxygen atoms in total. The van der Waals surface area contributed by atoms with Crippen LogP contribution in [0.1, 0.15) is 22.3 Å². The molecule has 0 N–H and O–H groups in total. The number of benzene rings is 4. The van der Waals surface area contributed by atoms with E-state index in [-0.39, 0.29) is 0 Å². The lowest BCUT2D eigenvalue weighted by atomic mass is 9.81. The fourth-order valence-electron chi connectivity index (χ4n) is 4.48. The number of hydrogen-bond acceptors (Lipinski definition) is 2. The zero-order valence-corrected chi connectivity index (χ0v) is 14.2. The first-order chi connectivity index (χ1) is 12.9. The number of rotatable bonds is 0. The predicted molar refractivity (Wildman–Crippen MR) is 107 cm³/mol. The van der Waals surface area contributed by atoms with Crippen molar-refractivity contribution in [1.29, 1.82) is 0 Å². The van der Waals surface area contributed by atoms with Gasteiger partial charge in [0.2, 0.25) is 0 Å². The van der Waals surface area contributed by atoms with Crippen molar-refractivity contribution >= 4 is 32.6 Å². The molecule has 1 aliphatic rings. The van der Waals surface area contributed by atoms with Crippen LogP contribution >= 0.6 is 0 Å². The Hall–Kier alpha value is -3.26. The summed E-state index contributed by atoms with van der Waals surface area (Å²) in [4.78, 5) is 0. The minimum atomic E-state index is 0.930. The van der Waals surface area contributed by atoms with Crippen LogP contribution in [-0.4, -0.2) is 10.2 Å². The molecule has 0 aliphatic heterocycles. The molecule has 0 saturated carbocycles. The molecule has 0 saturated heterocycles. The van der Waals surface area contributed by atoms with E-state index in [0.29, 0.717) is 0 Å². The Bertz CT molecular complexity index is 1330. The van der Waals surface area contributed by atoms with Gasteiger partial charge >= 0.3 is 0 Å². The maximum atomic E-state index is 4.70. The molecule has 0 amide bonds. The van der Waals surface area contributed by atoms with Crippen LogP contribution in [0.15, 0.2) is 72.8 Å². The summed E-state index contributed by atoms with van der Waals surface area (Å²) in [6.07, 6.45) is 1.90. The Morgan fingerprint density at radius 1 is 0.538 bits per heavy atom. The fraction of sp³-hybridized carbons (Fsp3) is 0.0833. The Morgan fingerprint density at radius 2 is 1.15 bits per heavy atom. The van der Waals surface area contributed by atoms with E-state index in [4.69, 9.17) is 5.10 Å². The molecule has 1 heterocycles. The van der Waals surface area contributed by atoms with Crippen molar-refractivity contribution in [3.05, 3.63) is 95.1 Å². The van der Waals surface area contributed by atoms with E-state index in [9.17, 15) is 0 Å². The monoisotopic (exact) mass is 332 g/mol. The predicted octanol–water partition coefficient (Wildman–Crippen LogP) is 5.43. The lowest BCUT2D eigenvalue weighted by Gasteiger charge is -2.23. The topological polar surface area (TPSA) is 25.8 Å². The third kappa shape index (κ3) is 1.81. The average molecular weight is 332 g/mol. The molecule has 5 aromatic rings. The molecule has 2 heteroatoms. The second-order valence-corrected chi connectivity index (χ2v) is 7.07. The molecular weight excluding hydrogens is 316 g/mol. The van der Waals surface area contributed by atoms with Gasteiger partial charge in [-0.15, -0.1) is 10.2 Å². The lowest BCUT2D eigenvalue weighted by molar-refractivity contribution is 1.01. The van der Waals surface area contributed by atoms with Crippen LogP contribution in [0.4, 0.5) is 0 Å². The largest absolute Gasteiger partial charge is 0.150 e. The Labute approximate surface area is 151 Å². The summed E-state index contributed by atoms with van der Waals surface area (Å²) >= 11 is 0. The number of fused-ring (bicyclic) bond motifs is 9. The van der Waals surface area contributed by atoms with Gasteiger partial charge in [0.15, 0.2) is 0 Å². The molecule has 0 spiro atoms. The molecule has 0 radical (unpaired) electrons. The number of aromatic nitrogens is 2. The standard InChI is InChI=1S/C24H16N2/c1-2-8-16-14-21-20(13-15(16)7-1)17-9-3-4-10-18(17)23-19-11-5-6-12-22(19)25-26-24(21)23/h1-12H,13-14H2. The summed E-state index contributed by atoms with van der Waals surface area (Å²) in [5.41, 5.74) is 7.62. The zero-order chi connectivity index (χ0) is 17.1. The smallest absolute Gasteiger partial charge is 0.0980 e. The van der Waals surface area contributed by atoms with Crippen molar-refractivity contribution < 1.29 is 0 Å². The van der Waals surface area contributed by atoms with Crippen LogP contribution in [0, 0.1) is 0 Å². The molecule has 0 atom stereocenters. The highest BCUT2D eigenvalue weighted by molar-refractivity contribution is 6.20. The normalized spacial score (nSPS) is 13.1. The highest BCUT2D eigenvalue weighted by atomic mass is 15.1. The fourth-order valence-corrected chi connectivity index (χ4v) is 4.48. The van der Waals surface area contributed by atoms with Gasteiger partial charge in [-0.1, -0.05) is 66.7 Å². The van der Waals surface area contributed by atoms with Crippen molar-refractivity contribution in [2.75, 3.05) is 0 Å². The van der Waals surface area contributed by atoms with E-state index in [0.717, 1.165) is 23.9 Å². The Balaban J connectivity index is 1.83. The summed E-state index contributed by atoms with van der Waals surface area (Å²) in [5.74, 6) is 0. The van der Waals surface area contributed by atoms with E-state index in [2.05, 4.69) is 65.8 Å². The van der Waals surface area contributed by atoms with Crippen molar-refractivity contribution in [2.45, 2.75) is 12.8 Å². The molecular formula is C24H16N2. The van der Waals surface area contributed by atoms with Gasteiger partial charge in [0, 0.05) is 17.2 Å². The second-order valence-electron chi connectivity index (χ2n) is 7.07. The van der Waals surface area contributed by atoms with Gasteiger partial charge in [0.1, 0.15) is 0 Å². The first-order valence-corrected chi connectivity index (χ1v) is 9.04. The minimum absolute atomic E-state index is 0.930. The van der Waals surface area contributed by atoms with Gasteiger partial charge in [-0.2, -0.15) is 0 Å². The number of hydrogen-bond donors (Lipinski definition) is 0. The summed E-state index contributed by atoms with van der Waals surface area (Å²) in [6.45, 7) is 0. The Morgan fingerprint density at radius 3 is 1.96 bits per heavy atom. The van der Waals surface area contributed by atoms with E-state index in [1.807, 2.05) is 12.1 Å². The van der Waals surface area contributed by atoms with Crippen molar-refractivity contribution in [3.8, 4) is 0 Å². The highest BCUT2D eigenvalue weighted by Crippen LogP contribution is 2.39. The van der Waals surface area contributed by atoms with Gasteiger partial charge in [0.25, 0.3) is 0 Å². The van der Waals surface area contributed by atoms with Crippen LogP contribution < -0.4 is 0 Å². The lowest BCUT2D eigenvalue weighted by Crippen LogP contribution is -2.10. The second kappa shape index (κ2) is 5.12. The summed E-state index contributed by atoms with van der Waals surface area (Å²) < 4.78 is 0. The first-order valence-electron chi connectivity index (χ1n) is 9.04. The quantitative estimate of drug-likeness (QED) is 0.347. The van der Waals surface area contributed by atoms with Crippen molar-refractivity contribution in [3.63, 3.8) is 0 Å². The zero-order valence-electron chi connectivity index (χ0n) is 14.2. The first kappa shape index (κ1) is 14.0. The minimum Gasteiger partial charge on any atom is -0.150 e. The molecule has 6 rings (SSSR count). The summed E-state index contributed by atoms with van der Waals surface area (Å²) in [6, 6.07) is 25.9. The molecule has 122 valence electrons. The van der Waals surface area contributed by atoms with Gasteiger partial charge in [0.05, 0.1) is 11.0 Å². The molecule has 0 bridgehead atoms. The average Bonchev–Trinajstić information content (AvgIpc) is 2.72. The Kier molecular flexibility index (Phi) is 2.75. The SMILES string of the molecule is c1ccc2c(c1)Cc1c(c3nnc4ccccc4c3c3ccccc13)C2. The van der Waals surface area contributed by atoms with Crippen molar-refractivity contribution in [2.24, 2.45) is 0 Å². The number of nitrogens with zero attached hydrogens (tertiary/aromatic N) is 2. The third-order valence-electron chi connectivity index (χ3n) is 5.69. The van der Waals surface area contributed by atoms with Crippen LogP contribution in [0.5, 0.6) is 0 Å². The van der Waals surface area contributed by atoms with Gasteiger partial charge in [-0.3, -0.25) is 0 Å². The molecule has 1 aliphatic carbocycles. The van der Waals surface area contributed by atoms with Crippen LogP contribution in [0.2, 0.25) is 0 Å². The van der Waals surface area contributed by atoms with Gasteiger partial charge in [-0.05, 0) is 45.5 Å². The van der Waals surface area contributed by atoms with E-state index >= 15 is 0 Å². The molecule has 26 heavy (non-hydrogen) atoms. The third-order valence-corrected chi connectivity index (χ3v) is 5.69. The van der Waals surface area contributed by atoms with E-state index in [1.54, 1.807) is 0 Å². The molecule has 4 aromatic carbocycles. The van der Waals surface area contributed by atoms with Gasteiger partial charge < -0.3 is 0 Å². The summed E-state index contributed by atoms with van der Waals surface area (Å²) in [7, 11) is 0. The maximum Gasteiger partial charge on any atom is 0.0980 e. The van der Waals surface area contributed by atoms with E-state index < -0.39 is 0 Å². The van der Waals surface area contributed by atoms with Crippen LogP contribution in [0.25, 0.3) is 32.6 Å². The van der Waals surface area contributed by atoms with Gasteiger partial charge in [-0.25, -0.2) is 0 Å². The van der Waals surface area contributed by atoms with Crippen molar-refractivity contribution in [1.82, 2.24) is 10.2 Å². The van der Waals surface area contributed by atoms with E-state index in [1.165, 1.54) is 43.8 Å². The maximum absolute atomic E-state index is 4.70. The van der Waals surface area contributed by atoms with Crippen LogP contribution in [-0.2, 0) is 12.8 Å². The molecule has 1 aromatic heterocycles.